The average Bonchev–Trinajstić information content (AvgIpc) is 1.91. The molecule has 1 radical (unpaired) electrons. The van der Waals surface area contributed by atoms with E-state index in [1.54, 1.807) is 12.1 Å². The van der Waals surface area contributed by atoms with Gasteiger partial charge >= 0.3 is 0 Å². The van der Waals surface area contributed by atoms with Gasteiger partial charge in [0.25, 0.3) is 0 Å². The third kappa shape index (κ3) is 3.15. The van der Waals surface area contributed by atoms with Crippen molar-refractivity contribution in [3.63, 3.8) is 0 Å². The van der Waals surface area contributed by atoms with Crippen LogP contribution in [0.3, 0.4) is 0 Å². The summed E-state index contributed by atoms with van der Waals surface area (Å²) in [7, 11) is 1.38. The van der Waals surface area contributed by atoms with Crippen LogP contribution in [-0.2, 0) is 0 Å². The molecule has 0 unspecified atom stereocenters. The molecule has 0 saturated carbocycles. The SMILES string of the molecule is N#CC[B]C(C#N)C#N. The number of nitriles is 3. The summed E-state index contributed by atoms with van der Waals surface area (Å²) in [4.78, 5) is 0. The monoisotopic (exact) mass is 116 g/mol. The molecule has 0 aromatic rings. The maximum atomic E-state index is 8.14. The van der Waals surface area contributed by atoms with Crippen molar-refractivity contribution in [3.05, 3.63) is 0 Å². The minimum Gasteiger partial charge on any atom is -0.199 e. The fourth-order valence-corrected chi connectivity index (χ4v) is 0.305. The van der Waals surface area contributed by atoms with E-state index < -0.39 is 5.82 Å². The molecule has 4 heteroatoms. The van der Waals surface area contributed by atoms with E-state index in [9.17, 15) is 0 Å². The number of rotatable bonds is 2. The summed E-state index contributed by atoms with van der Waals surface area (Å²) in [6.07, 6.45) is 0.159. The van der Waals surface area contributed by atoms with E-state index in [0.717, 1.165) is 0 Å². The Labute approximate surface area is 54.4 Å². The third-order valence-corrected chi connectivity index (χ3v) is 0.723. The Morgan fingerprint density at radius 1 is 1.22 bits per heavy atom. The van der Waals surface area contributed by atoms with Gasteiger partial charge in [-0.1, -0.05) is 0 Å². The van der Waals surface area contributed by atoms with Gasteiger partial charge in [0.2, 0.25) is 0 Å². The molecule has 0 aromatic heterocycles. The van der Waals surface area contributed by atoms with Crippen LogP contribution < -0.4 is 0 Å². The molecule has 0 N–H and O–H groups in total. The topological polar surface area (TPSA) is 71.4 Å². The van der Waals surface area contributed by atoms with Crippen LogP contribution in [0.4, 0.5) is 0 Å². The maximum Gasteiger partial charge on any atom is 0.170 e. The normalized spacial score (nSPS) is 6.89. The largest absolute Gasteiger partial charge is 0.199 e. The summed E-state index contributed by atoms with van der Waals surface area (Å²) >= 11 is 0. The molecule has 9 heavy (non-hydrogen) atoms. The van der Waals surface area contributed by atoms with Crippen LogP contribution in [-0.4, -0.2) is 7.28 Å². The van der Waals surface area contributed by atoms with Crippen LogP contribution in [0.5, 0.6) is 0 Å². The van der Waals surface area contributed by atoms with E-state index in [0.29, 0.717) is 0 Å². The molecule has 3 nitrogen and oxygen atoms in total. The molecule has 0 aliphatic carbocycles. The Bertz CT molecular complexity index is 178. The van der Waals surface area contributed by atoms with E-state index in [4.69, 9.17) is 15.8 Å². The predicted molar refractivity (Wildman–Crippen MR) is 31.1 cm³/mol. The van der Waals surface area contributed by atoms with Gasteiger partial charge in [0.05, 0.1) is 18.2 Å². The fourth-order valence-electron chi connectivity index (χ4n) is 0.305. The first-order valence-corrected chi connectivity index (χ1v) is 2.34. The van der Waals surface area contributed by atoms with Crippen LogP contribution in [0, 0.1) is 34.0 Å². The quantitative estimate of drug-likeness (QED) is 0.492. The Morgan fingerprint density at radius 2 is 1.78 bits per heavy atom. The minimum atomic E-state index is -0.732. The lowest BCUT2D eigenvalue weighted by Gasteiger charge is -1.86. The van der Waals surface area contributed by atoms with Crippen molar-refractivity contribution in [2.45, 2.75) is 12.1 Å². The van der Waals surface area contributed by atoms with Gasteiger partial charge in [0.15, 0.2) is 7.28 Å². The molecule has 0 bridgehead atoms. The van der Waals surface area contributed by atoms with Crippen LogP contribution in [0.1, 0.15) is 0 Å². The molecule has 0 fully saturated rings. The van der Waals surface area contributed by atoms with Crippen molar-refractivity contribution in [1.82, 2.24) is 0 Å². The first-order valence-electron chi connectivity index (χ1n) is 2.34. The lowest BCUT2D eigenvalue weighted by atomic mass is 9.63. The molecular weight excluding hydrogens is 113 g/mol. The Hall–Kier alpha value is -1.47. The molecule has 0 aromatic carbocycles. The lowest BCUT2D eigenvalue weighted by Crippen LogP contribution is -1.95. The van der Waals surface area contributed by atoms with E-state index >= 15 is 0 Å². The summed E-state index contributed by atoms with van der Waals surface area (Å²) < 4.78 is 0. The Morgan fingerprint density at radius 3 is 2.11 bits per heavy atom. The van der Waals surface area contributed by atoms with E-state index in [1.165, 1.54) is 7.28 Å². The number of hydrogen-bond donors (Lipinski definition) is 0. The molecule has 0 saturated heterocycles. The van der Waals surface area contributed by atoms with Gasteiger partial charge in [-0.3, -0.25) is 0 Å². The molecule has 0 aliphatic rings. The minimum absolute atomic E-state index is 0.159. The van der Waals surface area contributed by atoms with Crippen LogP contribution in [0.15, 0.2) is 0 Å². The zero-order chi connectivity index (χ0) is 7.11. The van der Waals surface area contributed by atoms with Crippen molar-refractivity contribution < 1.29 is 0 Å². The van der Waals surface area contributed by atoms with Gasteiger partial charge in [-0.2, -0.15) is 15.8 Å². The van der Waals surface area contributed by atoms with Crippen molar-refractivity contribution in [3.8, 4) is 18.2 Å². The van der Waals surface area contributed by atoms with E-state index in [-0.39, 0.29) is 6.32 Å². The van der Waals surface area contributed by atoms with Crippen molar-refractivity contribution in [1.29, 1.82) is 15.8 Å². The summed E-state index contributed by atoms with van der Waals surface area (Å²) in [6, 6.07) is 5.25. The fraction of sp³-hybridized carbons (Fsp3) is 0.400. The molecule has 0 heterocycles. The molecule has 0 amide bonds. The molecule has 0 atom stereocenters. The Balaban J connectivity index is 3.54. The zero-order valence-electron chi connectivity index (χ0n) is 4.70. The highest BCUT2D eigenvalue weighted by atomic mass is 14.3. The van der Waals surface area contributed by atoms with Gasteiger partial charge in [-0.15, -0.1) is 0 Å². The van der Waals surface area contributed by atoms with Gasteiger partial charge in [-0.25, -0.2) is 0 Å². The first kappa shape index (κ1) is 7.53. The van der Waals surface area contributed by atoms with E-state index in [1.807, 2.05) is 6.07 Å². The second-order valence-electron chi connectivity index (χ2n) is 1.33. The van der Waals surface area contributed by atoms with Gasteiger partial charge in [-0.05, 0) is 0 Å². The number of nitrogens with zero attached hydrogens (tertiary/aromatic N) is 3. The summed E-state index contributed by atoms with van der Waals surface area (Å²) in [5.74, 6) is -0.732. The zero-order valence-corrected chi connectivity index (χ0v) is 4.70. The average molecular weight is 116 g/mol. The van der Waals surface area contributed by atoms with Crippen molar-refractivity contribution in [2.24, 2.45) is 0 Å². The van der Waals surface area contributed by atoms with Crippen molar-refractivity contribution >= 4 is 7.28 Å². The standard InChI is InChI=1S/C5H3BN3/c7-2-1-6-5(3-8)4-9/h5H,1H2. The van der Waals surface area contributed by atoms with Crippen LogP contribution in [0.25, 0.3) is 0 Å². The highest BCUT2D eigenvalue weighted by Gasteiger charge is 2.04. The molecule has 0 spiro atoms. The summed E-state index contributed by atoms with van der Waals surface area (Å²) in [5, 5.41) is 24.3. The molecule has 0 rings (SSSR count). The predicted octanol–water partition coefficient (Wildman–Crippen LogP) is 0.468. The second-order valence-corrected chi connectivity index (χ2v) is 1.33. The highest BCUT2D eigenvalue weighted by Crippen LogP contribution is 1.98. The van der Waals surface area contributed by atoms with Crippen molar-refractivity contribution in [2.75, 3.05) is 0 Å². The summed E-state index contributed by atoms with van der Waals surface area (Å²) in [5.41, 5.74) is 0. The van der Waals surface area contributed by atoms with Crippen LogP contribution in [0.2, 0.25) is 12.1 Å². The molecule has 0 aliphatic heterocycles. The first-order chi connectivity index (χ1) is 4.35. The molecular formula is C5H3BN3. The summed E-state index contributed by atoms with van der Waals surface area (Å²) in [6.45, 7) is 0. The number of hydrogen-bond acceptors (Lipinski definition) is 3. The smallest absolute Gasteiger partial charge is 0.170 e. The lowest BCUT2D eigenvalue weighted by molar-refractivity contribution is 1.29. The second kappa shape index (κ2) is 4.69. The van der Waals surface area contributed by atoms with Gasteiger partial charge < -0.3 is 0 Å². The van der Waals surface area contributed by atoms with Gasteiger partial charge in [0, 0.05) is 6.32 Å². The molecule has 41 valence electrons. The van der Waals surface area contributed by atoms with Gasteiger partial charge in [0.1, 0.15) is 5.82 Å². The van der Waals surface area contributed by atoms with E-state index in [2.05, 4.69) is 0 Å². The van der Waals surface area contributed by atoms with Crippen LogP contribution >= 0.6 is 0 Å². The highest BCUT2D eigenvalue weighted by molar-refractivity contribution is 6.40. The maximum absolute atomic E-state index is 8.14. The third-order valence-electron chi connectivity index (χ3n) is 0.723. The Kier molecular flexibility index (Phi) is 3.92.